The quantitative estimate of drug-likeness (QED) is 0.233. The van der Waals surface area contributed by atoms with Gasteiger partial charge in [-0.2, -0.15) is 18.3 Å². The molecule has 0 bridgehead atoms. The summed E-state index contributed by atoms with van der Waals surface area (Å²) >= 11 is 0. The van der Waals surface area contributed by atoms with E-state index in [0.29, 0.717) is 23.7 Å². The number of hydrogen-bond donors (Lipinski definition) is 2. The molecule has 2 aromatic rings. The van der Waals surface area contributed by atoms with E-state index in [2.05, 4.69) is 20.6 Å². The molecule has 182 valence electrons. The number of carbonyl (C=O) groups excluding carboxylic acids is 3. The number of esters is 1. The van der Waals surface area contributed by atoms with Gasteiger partial charge in [-0.1, -0.05) is 6.07 Å². The van der Waals surface area contributed by atoms with Crippen molar-refractivity contribution in [3.05, 3.63) is 53.6 Å². The van der Waals surface area contributed by atoms with E-state index in [1.165, 1.54) is 19.4 Å². The summed E-state index contributed by atoms with van der Waals surface area (Å²) in [5.74, 6) is -1.50. The monoisotopic (exact) mass is 481 g/mol. The van der Waals surface area contributed by atoms with Crippen molar-refractivity contribution in [1.29, 1.82) is 0 Å². The molecule has 0 fully saturated rings. The van der Waals surface area contributed by atoms with Crippen LogP contribution in [0.2, 0.25) is 0 Å². The lowest BCUT2D eigenvalue weighted by atomic mass is 10.2. The standard InChI is InChI=1S/C22H22F3N3O6/c1-3-33-18-9-14(7-8-17(18)34-13-21(31)32-2)12-26-28-20(30)11-19(29)27-16-6-4-5-15(10-16)22(23,24)25/h4-10,12H,3,11,13H2,1-2H3,(H,27,29)(H,28,30). The number of hydrazone groups is 1. The van der Waals surface area contributed by atoms with Crippen LogP contribution in [0.3, 0.4) is 0 Å². The molecule has 12 heteroatoms. The van der Waals surface area contributed by atoms with Crippen molar-refractivity contribution in [3.63, 3.8) is 0 Å². The predicted molar refractivity (Wildman–Crippen MR) is 116 cm³/mol. The van der Waals surface area contributed by atoms with Crippen molar-refractivity contribution in [2.45, 2.75) is 19.5 Å². The average molecular weight is 481 g/mol. The fourth-order valence-corrected chi connectivity index (χ4v) is 2.53. The first-order valence-corrected chi connectivity index (χ1v) is 9.87. The van der Waals surface area contributed by atoms with Gasteiger partial charge in [-0.3, -0.25) is 9.59 Å². The summed E-state index contributed by atoms with van der Waals surface area (Å²) in [6, 6.07) is 8.74. The minimum Gasteiger partial charge on any atom is -0.490 e. The SMILES string of the molecule is CCOc1cc(C=NNC(=O)CC(=O)Nc2cccc(C(F)(F)F)c2)ccc1OCC(=O)OC. The van der Waals surface area contributed by atoms with Crippen molar-refractivity contribution < 1.29 is 41.8 Å². The summed E-state index contributed by atoms with van der Waals surface area (Å²) < 4.78 is 53.5. The molecule has 0 heterocycles. The fourth-order valence-electron chi connectivity index (χ4n) is 2.53. The molecule has 2 aromatic carbocycles. The lowest BCUT2D eigenvalue weighted by Gasteiger charge is -2.11. The summed E-state index contributed by atoms with van der Waals surface area (Å²) in [6.45, 7) is 1.78. The molecule has 0 atom stereocenters. The third-order valence-electron chi connectivity index (χ3n) is 4.04. The van der Waals surface area contributed by atoms with E-state index in [1.54, 1.807) is 25.1 Å². The van der Waals surface area contributed by atoms with Crippen LogP contribution in [-0.2, 0) is 25.3 Å². The number of ether oxygens (including phenoxy) is 3. The maximum atomic E-state index is 12.7. The largest absolute Gasteiger partial charge is 0.490 e. The lowest BCUT2D eigenvalue weighted by molar-refractivity contribution is -0.143. The Bertz CT molecular complexity index is 1060. The van der Waals surface area contributed by atoms with Crippen LogP contribution in [-0.4, -0.2) is 44.3 Å². The fraction of sp³-hybridized carbons (Fsp3) is 0.273. The first-order valence-electron chi connectivity index (χ1n) is 9.87. The van der Waals surface area contributed by atoms with Crippen LogP contribution in [0.4, 0.5) is 18.9 Å². The van der Waals surface area contributed by atoms with Gasteiger partial charge in [0.15, 0.2) is 18.1 Å². The molecule has 34 heavy (non-hydrogen) atoms. The summed E-state index contributed by atoms with van der Waals surface area (Å²) in [4.78, 5) is 35.1. The number of nitrogens with zero attached hydrogens (tertiary/aromatic N) is 1. The first-order chi connectivity index (χ1) is 16.1. The number of rotatable bonds is 10. The number of halogens is 3. The van der Waals surface area contributed by atoms with E-state index in [9.17, 15) is 27.6 Å². The van der Waals surface area contributed by atoms with Crippen LogP contribution in [0.25, 0.3) is 0 Å². The number of benzene rings is 2. The predicted octanol–water partition coefficient (Wildman–Crippen LogP) is 3.13. The second-order valence-electron chi connectivity index (χ2n) is 6.60. The molecule has 2 N–H and O–H groups in total. The molecule has 0 unspecified atom stereocenters. The lowest BCUT2D eigenvalue weighted by Crippen LogP contribution is -2.24. The molecule has 0 saturated carbocycles. The van der Waals surface area contributed by atoms with E-state index in [4.69, 9.17) is 9.47 Å². The normalized spacial score (nSPS) is 11.1. The van der Waals surface area contributed by atoms with Crippen LogP contribution >= 0.6 is 0 Å². The van der Waals surface area contributed by atoms with Gasteiger partial charge in [0.25, 0.3) is 0 Å². The Morgan fingerprint density at radius 2 is 1.79 bits per heavy atom. The molecule has 2 rings (SSSR count). The second kappa shape index (κ2) is 12.2. The Morgan fingerprint density at radius 3 is 2.47 bits per heavy atom. The zero-order chi connectivity index (χ0) is 25.1. The highest BCUT2D eigenvalue weighted by atomic mass is 19.4. The highest BCUT2D eigenvalue weighted by Gasteiger charge is 2.30. The van der Waals surface area contributed by atoms with Crippen molar-refractivity contribution in [2.75, 3.05) is 25.6 Å². The maximum absolute atomic E-state index is 12.7. The zero-order valence-electron chi connectivity index (χ0n) is 18.3. The number of carbonyl (C=O) groups is 3. The van der Waals surface area contributed by atoms with Gasteiger partial charge in [0.05, 0.1) is 25.5 Å². The summed E-state index contributed by atoms with van der Waals surface area (Å²) in [5.41, 5.74) is 1.66. The molecule has 0 aliphatic rings. The number of amides is 2. The van der Waals surface area contributed by atoms with Crippen molar-refractivity contribution in [2.24, 2.45) is 5.10 Å². The molecule has 0 saturated heterocycles. The van der Waals surface area contributed by atoms with E-state index >= 15 is 0 Å². The molecule has 0 spiro atoms. The second-order valence-corrected chi connectivity index (χ2v) is 6.60. The Kier molecular flexibility index (Phi) is 9.41. The highest BCUT2D eigenvalue weighted by molar-refractivity contribution is 6.03. The van der Waals surface area contributed by atoms with E-state index < -0.39 is 35.9 Å². The van der Waals surface area contributed by atoms with E-state index in [1.807, 2.05) is 0 Å². The number of anilines is 1. The molecule has 2 amide bonds. The van der Waals surface area contributed by atoms with Crippen LogP contribution < -0.4 is 20.2 Å². The minimum absolute atomic E-state index is 0.0888. The number of alkyl halides is 3. The van der Waals surface area contributed by atoms with Gasteiger partial charge in [0.2, 0.25) is 11.8 Å². The van der Waals surface area contributed by atoms with Crippen LogP contribution in [0.15, 0.2) is 47.6 Å². The van der Waals surface area contributed by atoms with Crippen molar-refractivity contribution >= 4 is 29.7 Å². The molecule has 0 aliphatic heterocycles. The molecule has 0 radical (unpaired) electrons. The van der Waals surface area contributed by atoms with E-state index in [-0.39, 0.29) is 12.3 Å². The van der Waals surface area contributed by atoms with Crippen molar-refractivity contribution in [3.8, 4) is 11.5 Å². The number of hydrogen-bond acceptors (Lipinski definition) is 7. The van der Waals surface area contributed by atoms with Crippen molar-refractivity contribution in [1.82, 2.24) is 5.43 Å². The van der Waals surface area contributed by atoms with E-state index in [0.717, 1.165) is 18.2 Å². The highest BCUT2D eigenvalue weighted by Crippen LogP contribution is 2.30. The molecule has 0 aromatic heterocycles. The molecule has 9 nitrogen and oxygen atoms in total. The Morgan fingerprint density at radius 1 is 1.03 bits per heavy atom. The topological polar surface area (TPSA) is 115 Å². The molecular formula is C22H22F3N3O6. The Hall–Kier alpha value is -4.09. The van der Waals surface area contributed by atoms with Gasteiger partial charge in [-0.25, -0.2) is 10.2 Å². The van der Waals surface area contributed by atoms with Gasteiger partial charge in [0, 0.05) is 5.69 Å². The van der Waals surface area contributed by atoms with Crippen LogP contribution in [0.1, 0.15) is 24.5 Å². The summed E-state index contributed by atoms with van der Waals surface area (Å²) in [5, 5.41) is 5.97. The zero-order valence-corrected chi connectivity index (χ0v) is 18.3. The maximum Gasteiger partial charge on any atom is 0.416 e. The Balaban J connectivity index is 1.92. The summed E-state index contributed by atoms with van der Waals surface area (Å²) in [7, 11) is 1.23. The molecule has 0 aliphatic carbocycles. The van der Waals surface area contributed by atoms with Crippen LogP contribution in [0, 0.1) is 0 Å². The van der Waals surface area contributed by atoms with Gasteiger partial charge < -0.3 is 19.5 Å². The smallest absolute Gasteiger partial charge is 0.416 e. The minimum atomic E-state index is -4.56. The van der Waals surface area contributed by atoms with Gasteiger partial charge in [-0.15, -0.1) is 0 Å². The number of methoxy groups -OCH3 is 1. The summed E-state index contributed by atoms with van der Waals surface area (Å²) in [6.07, 6.45) is -3.92. The van der Waals surface area contributed by atoms with Crippen LogP contribution in [0.5, 0.6) is 11.5 Å². The third kappa shape index (κ3) is 8.45. The Labute approximate surface area is 192 Å². The van der Waals surface area contributed by atoms with Gasteiger partial charge >= 0.3 is 12.1 Å². The van der Waals surface area contributed by atoms with Gasteiger partial charge in [-0.05, 0) is 48.9 Å². The molecular weight excluding hydrogens is 459 g/mol. The van der Waals surface area contributed by atoms with Gasteiger partial charge in [0.1, 0.15) is 6.42 Å². The number of nitrogens with one attached hydrogen (secondary N) is 2. The average Bonchev–Trinajstić information content (AvgIpc) is 2.78. The first kappa shape index (κ1) is 26.2. The third-order valence-corrected chi connectivity index (χ3v) is 4.04.